The van der Waals surface area contributed by atoms with Crippen molar-refractivity contribution in [1.82, 2.24) is 30.0 Å². The standard InChI is InChI=1S/C35H36F3N9O2/c1-21-5-4-10-46(17-21)18-24-12-28-29(30(13-24)35(36,37)38)19-47(34(28)49)32-15-25(14-31(43-32)41-9-8-40-22(2)48)26-7-6-23(16-39)11-27(26)33-44-42-20-45(33)3/h6-7,11-15,20-21H,4-5,8-10,17-19H2,1-3H3,(H,40,48)(H,41,43)/t21-/m0/s1. The number of likely N-dealkylation sites (tertiary alicyclic amines) is 1. The van der Waals surface area contributed by atoms with Gasteiger partial charge >= 0.3 is 6.18 Å². The summed E-state index contributed by atoms with van der Waals surface area (Å²) in [7, 11) is 1.77. The lowest BCUT2D eigenvalue weighted by molar-refractivity contribution is -0.138. The molecule has 49 heavy (non-hydrogen) atoms. The SMILES string of the molecule is CC(=O)NCCNc1cc(-c2ccc(C#N)cc2-c2nncn2C)cc(N2Cc3c(cc(CN4CCC[C@H](C)C4)cc3C(F)(F)F)C2=O)n1. The predicted molar refractivity (Wildman–Crippen MR) is 177 cm³/mol. The quantitative estimate of drug-likeness (QED) is 0.227. The smallest absolute Gasteiger partial charge is 0.368 e. The number of anilines is 2. The Balaban J connectivity index is 1.42. The third-order valence-electron chi connectivity index (χ3n) is 8.86. The molecular weight excluding hydrogens is 635 g/mol. The van der Waals surface area contributed by atoms with Crippen molar-refractivity contribution < 1.29 is 22.8 Å². The number of carbonyl (C=O) groups is 2. The zero-order valence-electron chi connectivity index (χ0n) is 27.4. The minimum atomic E-state index is -4.66. The molecule has 6 rings (SSSR count). The summed E-state index contributed by atoms with van der Waals surface area (Å²) in [5.74, 6) is 0.647. The lowest BCUT2D eigenvalue weighted by atomic mass is 9.96. The van der Waals surface area contributed by atoms with Crippen molar-refractivity contribution in [1.29, 1.82) is 5.26 Å². The highest BCUT2D eigenvalue weighted by molar-refractivity contribution is 6.10. The van der Waals surface area contributed by atoms with E-state index < -0.39 is 17.6 Å². The molecule has 2 aromatic carbocycles. The monoisotopic (exact) mass is 671 g/mol. The van der Waals surface area contributed by atoms with Crippen LogP contribution in [0, 0.1) is 17.2 Å². The Kier molecular flexibility index (Phi) is 9.38. The molecule has 2 N–H and O–H groups in total. The molecule has 14 heteroatoms. The first kappa shape index (κ1) is 33.6. The van der Waals surface area contributed by atoms with Gasteiger partial charge in [0.1, 0.15) is 18.0 Å². The Morgan fingerprint density at radius 3 is 2.61 bits per heavy atom. The van der Waals surface area contributed by atoms with Crippen LogP contribution in [0.3, 0.4) is 0 Å². The van der Waals surface area contributed by atoms with E-state index in [9.17, 15) is 28.0 Å². The first-order valence-electron chi connectivity index (χ1n) is 16.1. The van der Waals surface area contributed by atoms with Gasteiger partial charge in [-0.2, -0.15) is 18.4 Å². The third-order valence-corrected chi connectivity index (χ3v) is 8.86. The van der Waals surface area contributed by atoms with E-state index in [1.165, 1.54) is 24.2 Å². The summed E-state index contributed by atoms with van der Waals surface area (Å²) in [5, 5.41) is 23.7. The molecule has 0 saturated carbocycles. The van der Waals surface area contributed by atoms with Crippen LogP contribution in [0.25, 0.3) is 22.5 Å². The zero-order valence-corrected chi connectivity index (χ0v) is 27.4. The van der Waals surface area contributed by atoms with Crippen molar-refractivity contribution >= 4 is 23.5 Å². The number of halogens is 3. The van der Waals surface area contributed by atoms with Crippen molar-refractivity contribution in [3.63, 3.8) is 0 Å². The summed E-state index contributed by atoms with van der Waals surface area (Å²) >= 11 is 0. The maximum Gasteiger partial charge on any atom is 0.416 e. The first-order chi connectivity index (χ1) is 23.4. The van der Waals surface area contributed by atoms with Crippen LogP contribution < -0.4 is 15.5 Å². The number of nitrogens with zero attached hydrogens (tertiary/aromatic N) is 7. The summed E-state index contributed by atoms with van der Waals surface area (Å²) in [6.07, 6.45) is -1.07. The second-order valence-corrected chi connectivity index (χ2v) is 12.7. The minimum Gasteiger partial charge on any atom is -0.368 e. The predicted octanol–water partition coefficient (Wildman–Crippen LogP) is 5.37. The summed E-state index contributed by atoms with van der Waals surface area (Å²) < 4.78 is 45.3. The van der Waals surface area contributed by atoms with Gasteiger partial charge in [-0.3, -0.25) is 19.4 Å². The van der Waals surface area contributed by atoms with Gasteiger partial charge in [-0.15, -0.1) is 10.2 Å². The molecule has 0 aliphatic carbocycles. The molecule has 0 radical (unpaired) electrons. The molecule has 4 aromatic rings. The maximum absolute atomic E-state index is 14.5. The van der Waals surface area contributed by atoms with Crippen molar-refractivity contribution in [3.05, 3.63) is 76.6 Å². The van der Waals surface area contributed by atoms with Crippen LogP contribution in [-0.4, -0.2) is 62.6 Å². The van der Waals surface area contributed by atoms with Crippen LogP contribution in [0.2, 0.25) is 0 Å². The number of piperidine rings is 1. The molecule has 1 fully saturated rings. The fraction of sp³-hybridized carbons (Fsp3) is 0.371. The molecule has 2 amide bonds. The molecule has 0 spiro atoms. The van der Waals surface area contributed by atoms with E-state index in [2.05, 4.69) is 43.7 Å². The van der Waals surface area contributed by atoms with Gasteiger partial charge < -0.3 is 15.2 Å². The summed E-state index contributed by atoms with van der Waals surface area (Å²) in [4.78, 5) is 33.5. The number of hydrogen-bond donors (Lipinski definition) is 2. The Morgan fingerprint density at radius 2 is 1.92 bits per heavy atom. The largest absolute Gasteiger partial charge is 0.416 e. The first-order valence-corrected chi connectivity index (χ1v) is 16.1. The molecular formula is C35H36F3N9O2. The summed E-state index contributed by atoms with van der Waals surface area (Å²) in [6, 6.07) is 13.4. The van der Waals surface area contributed by atoms with Crippen molar-refractivity contribution in [2.45, 2.75) is 46.0 Å². The van der Waals surface area contributed by atoms with Gasteiger partial charge in [-0.1, -0.05) is 13.0 Å². The molecule has 254 valence electrons. The lowest BCUT2D eigenvalue weighted by Gasteiger charge is -2.31. The highest BCUT2D eigenvalue weighted by Crippen LogP contribution is 2.41. The minimum absolute atomic E-state index is 0.0143. The summed E-state index contributed by atoms with van der Waals surface area (Å²) in [6.45, 7) is 5.73. The van der Waals surface area contributed by atoms with Gasteiger partial charge in [0.25, 0.3) is 5.91 Å². The number of nitrogens with one attached hydrogen (secondary N) is 2. The van der Waals surface area contributed by atoms with E-state index in [0.717, 1.165) is 25.9 Å². The highest BCUT2D eigenvalue weighted by atomic mass is 19.4. The van der Waals surface area contributed by atoms with Crippen molar-refractivity contribution in [2.24, 2.45) is 13.0 Å². The Labute approximate surface area is 281 Å². The Bertz CT molecular complexity index is 1950. The maximum atomic E-state index is 14.5. The van der Waals surface area contributed by atoms with Gasteiger partial charge in [0, 0.05) is 51.3 Å². The molecule has 2 aromatic heterocycles. The molecule has 1 saturated heterocycles. The molecule has 1 atom stereocenters. The zero-order chi connectivity index (χ0) is 34.9. The fourth-order valence-corrected chi connectivity index (χ4v) is 6.59. The van der Waals surface area contributed by atoms with Gasteiger partial charge in [-0.05, 0) is 84.0 Å². The Hall–Kier alpha value is -5.29. The highest BCUT2D eigenvalue weighted by Gasteiger charge is 2.41. The fourth-order valence-electron chi connectivity index (χ4n) is 6.59. The number of fused-ring (bicyclic) bond motifs is 1. The average Bonchev–Trinajstić information content (AvgIpc) is 3.64. The number of pyridine rings is 1. The second-order valence-electron chi connectivity index (χ2n) is 12.7. The van der Waals surface area contributed by atoms with E-state index >= 15 is 0 Å². The lowest BCUT2D eigenvalue weighted by Crippen LogP contribution is -2.33. The summed E-state index contributed by atoms with van der Waals surface area (Å²) in [5.41, 5.74) is 1.76. The van der Waals surface area contributed by atoms with E-state index in [1.807, 2.05) is 0 Å². The van der Waals surface area contributed by atoms with Crippen molar-refractivity contribution in [3.8, 4) is 28.6 Å². The number of aryl methyl sites for hydroxylation is 1. The number of amides is 2. The second kappa shape index (κ2) is 13.7. The number of carbonyl (C=O) groups excluding carboxylic acids is 2. The number of nitriles is 1. The average molecular weight is 672 g/mol. The van der Waals surface area contributed by atoms with E-state index in [4.69, 9.17) is 0 Å². The van der Waals surface area contributed by atoms with Crippen LogP contribution >= 0.6 is 0 Å². The van der Waals surface area contributed by atoms with Crippen LogP contribution in [0.1, 0.15) is 59.3 Å². The molecule has 0 unspecified atom stereocenters. The van der Waals surface area contributed by atoms with E-state index in [0.29, 0.717) is 65.0 Å². The molecule has 4 heterocycles. The van der Waals surface area contributed by atoms with Crippen molar-refractivity contribution in [2.75, 3.05) is 36.4 Å². The van der Waals surface area contributed by atoms with Gasteiger partial charge in [0.15, 0.2) is 5.82 Å². The molecule has 2 aliphatic rings. The number of rotatable bonds is 9. The number of hydrogen-bond acceptors (Lipinski definition) is 8. The number of benzene rings is 2. The normalized spacial score (nSPS) is 16.4. The van der Waals surface area contributed by atoms with Gasteiger partial charge in [0.2, 0.25) is 5.91 Å². The van der Waals surface area contributed by atoms with Gasteiger partial charge in [0.05, 0.1) is 23.7 Å². The third kappa shape index (κ3) is 7.26. The molecule has 11 nitrogen and oxygen atoms in total. The van der Waals surface area contributed by atoms with Gasteiger partial charge in [-0.25, -0.2) is 4.98 Å². The molecule has 2 aliphatic heterocycles. The Morgan fingerprint density at radius 1 is 1.10 bits per heavy atom. The van der Waals surface area contributed by atoms with Crippen LogP contribution in [0.4, 0.5) is 24.8 Å². The van der Waals surface area contributed by atoms with Crippen LogP contribution in [0.5, 0.6) is 0 Å². The number of alkyl halides is 3. The van der Waals surface area contributed by atoms with Crippen LogP contribution in [-0.2, 0) is 31.1 Å². The van der Waals surface area contributed by atoms with Crippen LogP contribution in [0.15, 0.2) is 48.8 Å². The topological polar surface area (TPSA) is 132 Å². The molecule has 0 bridgehead atoms. The van der Waals surface area contributed by atoms with E-state index in [-0.39, 0.29) is 29.4 Å². The van der Waals surface area contributed by atoms with E-state index in [1.54, 1.807) is 48.0 Å². The number of aromatic nitrogens is 4.